The molecule has 0 bridgehead atoms. The highest BCUT2D eigenvalue weighted by Gasteiger charge is 2.38. The monoisotopic (exact) mass is 229 g/mol. The van der Waals surface area contributed by atoms with Gasteiger partial charge in [0.15, 0.2) is 0 Å². The van der Waals surface area contributed by atoms with Crippen molar-refractivity contribution in [2.45, 2.75) is 39.7 Å². The summed E-state index contributed by atoms with van der Waals surface area (Å²) in [6, 6.07) is 0. The first-order valence-electron chi connectivity index (χ1n) is 5.98. The van der Waals surface area contributed by atoms with Crippen LogP contribution in [0.1, 0.15) is 33.6 Å². The molecule has 1 heterocycles. The highest BCUT2D eigenvalue weighted by Crippen LogP contribution is 2.34. The third-order valence-electron chi connectivity index (χ3n) is 3.60. The van der Waals surface area contributed by atoms with Gasteiger partial charge in [0, 0.05) is 13.1 Å². The van der Waals surface area contributed by atoms with Crippen molar-refractivity contribution in [3.63, 3.8) is 0 Å². The summed E-state index contributed by atoms with van der Waals surface area (Å²) in [4.78, 5) is 13.4. The molecule has 1 fully saturated rings. The second kappa shape index (κ2) is 5.15. The van der Waals surface area contributed by atoms with Crippen LogP contribution in [0.3, 0.4) is 0 Å². The molecule has 0 amide bonds. The van der Waals surface area contributed by atoms with Crippen molar-refractivity contribution in [1.82, 2.24) is 4.90 Å². The maximum absolute atomic E-state index is 11.2. The summed E-state index contributed by atoms with van der Waals surface area (Å²) in [7, 11) is 0. The van der Waals surface area contributed by atoms with E-state index in [1.54, 1.807) is 20.8 Å². The van der Waals surface area contributed by atoms with E-state index >= 15 is 0 Å². The maximum atomic E-state index is 11.2. The minimum Gasteiger partial charge on any atom is -0.481 e. The lowest BCUT2D eigenvalue weighted by atomic mass is 9.74. The van der Waals surface area contributed by atoms with Gasteiger partial charge in [0.2, 0.25) is 0 Å². The van der Waals surface area contributed by atoms with E-state index < -0.39 is 11.4 Å². The van der Waals surface area contributed by atoms with Crippen LogP contribution in [0.25, 0.3) is 0 Å². The molecule has 0 aromatic rings. The Balaban J connectivity index is 2.59. The van der Waals surface area contributed by atoms with Crippen molar-refractivity contribution >= 4 is 5.97 Å². The van der Waals surface area contributed by atoms with Gasteiger partial charge in [-0.15, -0.1) is 0 Å². The van der Waals surface area contributed by atoms with E-state index in [1.807, 2.05) is 0 Å². The van der Waals surface area contributed by atoms with Gasteiger partial charge in [-0.25, -0.2) is 0 Å². The van der Waals surface area contributed by atoms with E-state index in [4.69, 9.17) is 0 Å². The largest absolute Gasteiger partial charge is 0.481 e. The Bertz CT molecular complexity index is 251. The number of nitrogens with zero attached hydrogens (tertiary/aromatic N) is 1. The highest BCUT2D eigenvalue weighted by atomic mass is 16.4. The van der Waals surface area contributed by atoms with Crippen LogP contribution in [0.15, 0.2) is 0 Å². The van der Waals surface area contributed by atoms with Crippen LogP contribution in [-0.2, 0) is 4.79 Å². The molecule has 1 saturated heterocycles. The predicted octanol–water partition coefficient (Wildman–Crippen LogP) is 1.19. The molecule has 16 heavy (non-hydrogen) atoms. The van der Waals surface area contributed by atoms with Crippen molar-refractivity contribution in [3.05, 3.63) is 0 Å². The fourth-order valence-corrected chi connectivity index (χ4v) is 2.36. The van der Waals surface area contributed by atoms with Gasteiger partial charge in [-0.05, 0) is 46.1 Å². The lowest BCUT2D eigenvalue weighted by Crippen LogP contribution is -2.46. The molecular weight excluding hydrogens is 206 g/mol. The fourth-order valence-electron chi connectivity index (χ4n) is 2.36. The Hall–Kier alpha value is -0.610. The number of aliphatic carboxylic acids is 1. The molecule has 4 heteroatoms. The molecule has 0 radical (unpaired) electrons. The van der Waals surface area contributed by atoms with Crippen LogP contribution >= 0.6 is 0 Å². The second-order valence-corrected chi connectivity index (χ2v) is 5.47. The summed E-state index contributed by atoms with van der Waals surface area (Å²) in [6.45, 7) is 7.76. The van der Waals surface area contributed by atoms with Crippen molar-refractivity contribution in [2.24, 2.45) is 11.3 Å². The second-order valence-electron chi connectivity index (χ2n) is 5.47. The third kappa shape index (κ3) is 3.19. The lowest BCUT2D eigenvalue weighted by Gasteiger charge is -2.39. The summed E-state index contributed by atoms with van der Waals surface area (Å²) >= 11 is 0. The number of hydrogen-bond acceptors (Lipinski definition) is 3. The van der Waals surface area contributed by atoms with Gasteiger partial charge in [-0.3, -0.25) is 4.79 Å². The molecule has 1 aliphatic heterocycles. The molecule has 4 nitrogen and oxygen atoms in total. The summed E-state index contributed by atoms with van der Waals surface area (Å²) < 4.78 is 0. The minimum absolute atomic E-state index is 0.178. The molecule has 0 saturated carbocycles. The number of hydrogen-bond donors (Lipinski definition) is 2. The number of aliphatic hydroxyl groups excluding tert-OH is 1. The van der Waals surface area contributed by atoms with E-state index in [0.29, 0.717) is 6.54 Å². The predicted molar refractivity (Wildman–Crippen MR) is 62.3 cm³/mol. The van der Waals surface area contributed by atoms with Gasteiger partial charge < -0.3 is 15.1 Å². The quantitative estimate of drug-likeness (QED) is 0.760. The molecule has 2 N–H and O–H groups in total. The van der Waals surface area contributed by atoms with Gasteiger partial charge in [0.1, 0.15) is 0 Å². The lowest BCUT2D eigenvalue weighted by molar-refractivity contribution is -0.151. The Kier molecular flexibility index (Phi) is 4.33. The van der Waals surface area contributed by atoms with E-state index in [9.17, 15) is 15.0 Å². The average molecular weight is 229 g/mol. The summed E-state index contributed by atoms with van der Waals surface area (Å²) in [5, 5.41) is 18.5. The number of carboxylic acids is 1. The zero-order chi connectivity index (χ0) is 12.3. The first-order chi connectivity index (χ1) is 7.34. The van der Waals surface area contributed by atoms with Gasteiger partial charge in [0.25, 0.3) is 0 Å². The molecule has 0 spiro atoms. The minimum atomic E-state index is -0.726. The van der Waals surface area contributed by atoms with Crippen LogP contribution in [-0.4, -0.2) is 46.8 Å². The first kappa shape index (κ1) is 13.5. The number of carboxylic acid groups (broad SMARTS) is 1. The van der Waals surface area contributed by atoms with E-state index in [1.165, 1.54) is 0 Å². The summed E-state index contributed by atoms with van der Waals surface area (Å²) in [5.74, 6) is -0.547. The van der Waals surface area contributed by atoms with Crippen molar-refractivity contribution < 1.29 is 15.0 Å². The van der Waals surface area contributed by atoms with Gasteiger partial charge in [-0.2, -0.15) is 0 Å². The molecule has 0 aliphatic carbocycles. The zero-order valence-electron chi connectivity index (χ0n) is 10.4. The maximum Gasteiger partial charge on any atom is 0.309 e. The number of piperidine rings is 1. The number of β-amino-alcohol motifs (C(OH)–C–C–N with tert-alkyl or cyclic N) is 1. The number of likely N-dealkylation sites (tertiary alicyclic amines) is 1. The smallest absolute Gasteiger partial charge is 0.309 e. The van der Waals surface area contributed by atoms with Crippen LogP contribution in [0.2, 0.25) is 0 Å². The van der Waals surface area contributed by atoms with Gasteiger partial charge in [0.05, 0.1) is 11.5 Å². The highest BCUT2D eigenvalue weighted by molar-refractivity contribution is 5.74. The Morgan fingerprint density at radius 1 is 1.56 bits per heavy atom. The topological polar surface area (TPSA) is 60.8 Å². The first-order valence-corrected chi connectivity index (χ1v) is 5.98. The average Bonchev–Trinajstić information content (AvgIpc) is 2.16. The fraction of sp³-hybridized carbons (Fsp3) is 0.917. The van der Waals surface area contributed by atoms with Gasteiger partial charge >= 0.3 is 5.97 Å². The number of aliphatic hydroxyl groups is 1. The van der Waals surface area contributed by atoms with Crippen LogP contribution in [0.5, 0.6) is 0 Å². The van der Waals surface area contributed by atoms with Gasteiger partial charge in [-0.1, -0.05) is 0 Å². The van der Waals surface area contributed by atoms with Crippen LogP contribution < -0.4 is 0 Å². The van der Waals surface area contributed by atoms with Crippen molar-refractivity contribution in [1.29, 1.82) is 0 Å². The van der Waals surface area contributed by atoms with Crippen LogP contribution in [0.4, 0.5) is 0 Å². The molecule has 0 aromatic carbocycles. The van der Waals surface area contributed by atoms with Crippen molar-refractivity contribution in [3.8, 4) is 0 Å². The molecular formula is C12H23NO3. The molecule has 94 valence electrons. The number of rotatable bonds is 4. The van der Waals surface area contributed by atoms with Crippen LogP contribution in [0, 0.1) is 11.3 Å². The van der Waals surface area contributed by atoms with E-state index in [-0.39, 0.29) is 12.0 Å². The number of carbonyl (C=O) groups is 1. The normalized spacial score (nSPS) is 25.4. The molecule has 2 unspecified atom stereocenters. The Morgan fingerprint density at radius 2 is 2.19 bits per heavy atom. The molecule has 2 atom stereocenters. The summed E-state index contributed by atoms with van der Waals surface area (Å²) in [6.07, 6.45) is 1.65. The van der Waals surface area contributed by atoms with E-state index in [2.05, 4.69) is 4.90 Å². The SMILES string of the molecule is CC(O)CN1CCCC(C(C)(C)C(=O)O)C1. The third-order valence-corrected chi connectivity index (χ3v) is 3.60. The van der Waals surface area contributed by atoms with E-state index in [0.717, 1.165) is 25.9 Å². The Labute approximate surface area is 97.3 Å². The molecule has 1 aliphatic rings. The molecule has 1 rings (SSSR count). The summed E-state index contributed by atoms with van der Waals surface area (Å²) in [5.41, 5.74) is -0.669. The Morgan fingerprint density at radius 3 is 2.69 bits per heavy atom. The standard InChI is InChI=1S/C12H23NO3/c1-9(14)7-13-6-4-5-10(8-13)12(2,3)11(15)16/h9-10,14H,4-8H2,1-3H3,(H,15,16). The molecule has 0 aromatic heterocycles. The zero-order valence-corrected chi connectivity index (χ0v) is 10.4. The van der Waals surface area contributed by atoms with Crippen molar-refractivity contribution in [2.75, 3.05) is 19.6 Å².